The van der Waals surface area contributed by atoms with E-state index in [4.69, 9.17) is 0 Å². The topological polar surface area (TPSA) is 0 Å². The van der Waals surface area contributed by atoms with Gasteiger partial charge in [0.05, 0.1) is 0 Å². The molecule has 0 aliphatic heterocycles. The van der Waals surface area contributed by atoms with Gasteiger partial charge in [-0.15, -0.1) is 0 Å². The fraction of sp³-hybridized carbons (Fsp3) is 0.684. The summed E-state index contributed by atoms with van der Waals surface area (Å²) < 4.78 is 0. The first-order chi connectivity index (χ1) is 9.20. The first kappa shape index (κ1) is 13.2. The third kappa shape index (κ3) is 2.47. The molecular weight excluding hydrogens is 228 g/mol. The zero-order chi connectivity index (χ0) is 13.3. The van der Waals surface area contributed by atoms with Crippen molar-refractivity contribution in [2.24, 2.45) is 11.3 Å². The van der Waals surface area contributed by atoms with Crippen LogP contribution >= 0.6 is 0 Å². The van der Waals surface area contributed by atoms with Crippen LogP contribution in [0, 0.1) is 11.3 Å². The summed E-state index contributed by atoms with van der Waals surface area (Å²) in [6.45, 7) is 4.85. The fourth-order valence-corrected chi connectivity index (χ4v) is 4.43. The lowest BCUT2D eigenvalue weighted by Crippen LogP contribution is -2.29. The molecule has 2 atom stereocenters. The molecule has 3 aliphatic rings. The molecule has 2 fully saturated rings. The smallest absolute Gasteiger partial charge is 0.00506 e. The van der Waals surface area contributed by atoms with Crippen molar-refractivity contribution >= 4 is 0 Å². The van der Waals surface area contributed by atoms with E-state index in [9.17, 15) is 0 Å². The Hall–Kier alpha value is -0.780. The van der Waals surface area contributed by atoms with Crippen molar-refractivity contribution in [1.82, 2.24) is 0 Å². The minimum absolute atomic E-state index is 0.481. The Morgan fingerprint density at radius 3 is 2.63 bits per heavy atom. The first-order valence-corrected chi connectivity index (χ1v) is 8.26. The maximum atomic E-state index is 2.51. The summed E-state index contributed by atoms with van der Waals surface area (Å²) in [5.41, 5.74) is 5.57. The summed E-state index contributed by atoms with van der Waals surface area (Å²) in [7, 11) is 0. The SMILES string of the molecule is CC1=CCC2C(=CC=C3CCCCC3)CCC[C@]12C. The minimum Gasteiger partial charge on any atom is -0.0844 e. The van der Waals surface area contributed by atoms with Crippen molar-refractivity contribution in [2.75, 3.05) is 0 Å². The van der Waals surface area contributed by atoms with Gasteiger partial charge in [-0.1, -0.05) is 48.3 Å². The van der Waals surface area contributed by atoms with E-state index in [0.29, 0.717) is 5.41 Å². The zero-order valence-corrected chi connectivity index (χ0v) is 12.7. The molecular formula is C19H28. The molecule has 0 aromatic carbocycles. The van der Waals surface area contributed by atoms with Crippen LogP contribution in [0.4, 0.5) is 0 Å². The van der Waals surface area contributed by atoms with Crippen LogP contribution in [0.15, 0.2) is 34.9 Å². The van der Waals surface area contributed by atoms with E-state index in [1.165, 1.54) is 57.8 Å². The average Bonchev–Trinajstić information content (AvgIpc) is 2.74. The molecule has 0 radical (unpaired) electrons. The summed E-state index contributed by atoms with van der Waals surface area (Å²) in [5, 5.41) is 0. The molecule has 104 valence electrons. The van der Waals surface area contributed by atoms with E-state index >= 15 is 0 Å². The van der Waals surface area contributed by atoms with E-state index in [0.717, 1.165) is 5.92 Å². The molecule has 3 aliphatic carbocycles. The summed E-state index contributed by atoms with van der Waals surface area (Å²) in [5.74, 6) is 0.807. The summed E-state index contributed by atoms with van der Waals surface area (Å²) in [6, 6.07) is 0. The Morgan fingerprint density at radius 1 is 1.05 bits per heavy atom. The van der Waals surface area contributed by atoms with Gasteiger partial charge in [-0.05, 0) is 69.6 Å². The third-order valence-electron chi connectivity index (χ3n) is 5.97. The quantitative estimate of drug-likeness (QED) is 0.508. The molecule has 2 saturated carbocycles. The highest BCUT2D eigenvalue weighted by Crippen LogP contribution is 2.54. The lowest BCUT2D eigenvalue weighted by atomic mass is 9.64. The average molecular weight is 256 g/mol. The summed E-state index contributed by atoms with van der Waals surface area (Å²) >= 11 is 0. The number of fused-ring (bicyclic) bond motifs is 1. The van der Waals surface area contributed by atoms with Crippen LogP contribution in [-0.4, -0.2) is 0 Å². The highest BCUT2D eigenvalue weighted by atomic mass is 14.5. The molecule has 0 bridgehead atoms. The molecule has 0 saturated heterocycles. The van der Waals surface area contributed by atoms with Crippen LogP contribution < -0.4 is 0 Å². The standard InChI is InChI=1S/C19H28/c1-15-10-13-18-17(9-6-14-19(15,18)2)12-11-16-7-4-3-5-8-16/h10-12,18H,3-9,13-14H2,1-2H3/t18?,19-/m1/s1. The van der Waals surface area contributed by atoms with Crippen molar-refractivity contribution in [2.45, 2.75) is 71.6 Å². The van der Waals surface area contributed by atoms with Gasteiger partial charge >= 0.3 is 0 Å². The van der Waals surface area contributed by atoms with Crippen molar-refractivity contribution in [3.8, 4) is 0 Å². The second kappa shape index (κ2) is 5.31. The van der Waals surface area contributed by atoms with Crippen LogP contribution in [0.5, 0.6) is 0 Å². The molecule has 0 nitrogen and oxygen atoms in total. The zero-order valence-electron chi connectivity index (χ0n) is 12.7. The van der Waals surface area contributed by atoms with E-state index in [1.54, 1.807) is 16.7 Å². The molecule has 1 unspecified atom stereocenters. The minimum atomic E-state index is 0.481. The number of hydrogen-bond donors (Lipinski definition) is 0. The Balaban J connectivity index is 1.77. The Kier molecular flexibility index (Phi) is 3.69. The Morgan fingerprint density at radius 2 is 1.84 bits per heavy atom. The summed E-state index contributed by atoms with van der Waals surface area (Å²) in [6.07, 6.45) is 19.9. The summed E-state index contributed by atoms with van der Waals surface area (Å²) in [4.78, 5) is 0. The van der Waals surface area contributed by atoms with Crippen LogP contribution in [-0.2, 0) is 0 Å². The Bertz CT molecular complexity index is 427. The predicted octanol–water partition coefficient (Wildman–Crippen LogP) is 5.96. The Labute approximate surface area is 118 Å². The molecule has 0 heterocycles. The monoisotopic (exact) mass is 256 g/mol. The van der Waals surface area contributed by atoms with Gasteiger partial charge in [0.15, 0.2) is 0 Å². The first-order valence-electron chi connectivity index (χ1n) is 8.26. The second-order valence-corrected chi connectivity index (χ2v) is 7.07. The molecule has 0 heteroatoms. The van der Waals surface area contributed by atoms with Gasteiger partial charge in [0, 0.05) is 0 Å². The van der Waals surface area contributed by atoms with Gasteiger partial charge < -0.3 is 0 Å². The third-order valence-corrected chi connectivity index (χ3v) is 5.97. The second-order valence-electron chi connectivity index (χ2n) is 7.07. The van der Waals surface area contributed by atoms with Gasteiger partial charge in [0.2, 0.25) is 0 Å². The van der Waals surface area contributed by atoms with Crippen LogP contribution in [0.25, 0.3) is 0 Å². The lowest BCUT2D eigenvalue weighted by Gasteiger charge is -2.40. The number of allylic oxidation sites excluding steroid dienone is 6. The van der Waals surface area contributed by atoms with Crippen LogP contribution in [0.2, 0.25) is 0 Å². The van der Waals surface area contributed by atoms with E-state index in [-0.39, 0.29) is 0 Å². The fourth-order valence-electron chi connectivity index (χ4n) is 4.43. The molecule has 0 aromatic heterocycles. The number of hydrogen-bond acceptors (Lipinski definition) is 0. The van der Waals surface area contributed by atoms with Gasteiger partial charge in [0.25, 0.3) is 0 Å². The van der Waals surface area contributed by atoms with Crippen molar-refractivity contribution < 1.29 is 0 Å². The van der Waals surface area contributed by atoms with Crippen molar-refractivity contribution in [3.63, 3.8) is 0 Å². The van der Waals surface area contributed by atoms with Gasteiger partial charge in [-0.2, -0.15) is 0 Å². The van der Waals surface area contributed by atoms with E-state index in [2.05, 4.69) is 32.1 Å². The predicted molar refractivity (Wildman–Crippen MR) is 83.1 cm³/mol. The lowest BCUT2D eigenvalue weighted by molar-refractivity contribution is 0.234. The molecule has 0 aromatic rings. The van der Waals surface area contributed by atoms with Gasteiger partial charge in [-0.25, -0.2) is 0 Å². The highest BCUT2D eigenvalue weighted by molar-refractivity contribution is 5.32. The van der Waals surface area contributed by atoms with Gasteiger partial charge in [0.1, 0.15) is 0 Å². The molecule has 0 N–H and O–H groups in total. The molecule has 0 amide bonds. The highest BCUT2D eigenvalue weighted by Gasteiger charge is 2.42. The maximum Gasteiger partial charge on any atom is -0.00506 e. The maximum absolute atomic E-state index is 2.51. The van der Waals surface area contributed by atoms with Crippen LogP contribution in [0.3, 0.4) is 0 Å². The van der Waals surface area contributed by atoms with Gasteiger partial charge in [-0.3, -0.25) is 0 Å². The normalized spacial score (nSPS) is 37.2. The molecule has 0 spiro atoms. The molecule has 19 heavy (non-hydrogen) atoms. The van der Waals surface area contributed by atoms with Crippen LogP contribution in [0.1, 0.15) is 71.6 Å². The number of rotatable bonds is 1. The van der Waals surface area contributed by atoms with Crippen molar-refractivity contribution in [3.05, 3.63) is 34.9 Å². The van der Waals surface area contributed by atoms with E-state index < -0.39 is 0 Å². The van der Waals surface area contributed by atoms with E-state index in [1.807, 2.05) is 0 Å². The van der Waals surface area contributed by atoms with Crippen molar-refractivity contribution in [1.29, 1.82) is 0 Å². The molecule has 3 rings (SSSR count). The largest absolute Gasteiger partial charge is 0.0844 e.